The zero-order valence-electron chi connectivity index (χ0n) is 11.3. The van der Waals surface area contributed by atoms with Crippen LogP contribution in [0, 0.1) is 0 Å². The van der Waals surface area contributed by atoms with E-state index in [9.17, 15) is 4.79 Å². The van der Waals surface area contributed by atoms with Gasteiger partial charge >= 0.3 is 0 Å². The number of nitrogens with two attached hydrogens (primary N) is 1. The average Bonchev–Trinajstić information content (AvgIpc) is 2.70. The number of hydrogen-bond acceptors (Lipinski definition) is 3. The molecule has 4 heteroatoms. The van der Waals surface area contributed by atoms with E-state index >= 15 is 0 Å². The lowest BCUT2D eigenvalue weighted by atomic mass is 9.95. The summed E-state index contributed by atoms with van der Waals surface area (Å²) in [5.74, 6) is -0.238. The van der Waals surface area contributed by atoms with Crippen molar-refractivity contribution in [1.82, 2.24) is 5.32 Å². The van der Waals surface area contributed by atoms with Gasteiger partial charge in [0.15, 0.2) is 0 Å². The van der Waals surface area contributed by atoms with Gasteiger partial charge < -0.3 is 11.1 Å². The van der Waals surface area contributed by atoms with E-state index in [0.29, 0.717) is 5.25 Å². The van der Waals surface area contributed by atoms with Crippen molar-refractivity contribution in [2.75, 3.05) is 6.54 Å². The smallest absolute Gasteiger partial charge is 0.237 e. The first-order valence-electron chi connectivity index (χ1n) is 6.68. The third-order valence-electron chi connectivity index (χ3n) is 3.53. The molecule has 1 aliphatic carbocycles. The Morgan fingerprint density at radius 1 is 1.53 bits per heavy atom. The van der Waals surface area contributed by atoms with Gasteiger partial charge in [-0.1, -0.05) is 26.7 Å². The summed E-state index contributed by atoms with van der Waals surface area (Å²) >= 11 is 2.03. The van der Waals surface area contributed by atoms with Crippen LogP contribution in [0.15, 0.2) is 0 Å². The van der Waals surface area contributed by atoms with E-state index < -0.39 is 5.54 Å². The first kappa shape index (κ1) is 14.8. The molecule has 0 aromatic heterocycles. The highest BCUT2D eigenvalue weighted by Crippen LogP contribution is 2.34. The van der Waals surface area contributed by atoms with Gasteiger partial charge in [-0.25, -0.2) is 0 Å². The van der Waals surface area contributed by atoms with Crippen molar-refractivity contribution in [1.29, 1.82) is 0 Å². The fraction of sp³-hybridized carbons (Fsp3) is 0.923. The van der Waals surface area contributed by atoms with Crippen LogP contribution >= 0.6 is 11.8 Å². The predicted octanol–water partition coefficient (Wildman–Crippen LogP) is 2.29. The van der Waals surface area contributed by atoms with E-state index in [4.69, 9.17) is 5.73 Å². The third kappa shape index (κ3) is 4.51. The number of carbonyl (C=O) groups is 1. The number of hydrogen-bond donors (Lipinski definition) is 2. The number of rotatable bonds is 7. The molecule has 3 N–H and O–H groups in total. The molecule has 0 bridgehead atoms. The van der Waals surface area contributed by atoms with Crippen molar-refractivity contribution in [2.24, 2.45) is 5.73 Å². The zero-order chi connectivity index (χ0) is 12.9. The van der Waals surface area contributed by atoms with Crippen LogP contribution in [0.4, 0.5) is 0 Å². The predicted molar refractivity (Wildman–Crippen MR) is 75.2 cm³/mol. The summed E-state index contributed by atoms with van der Waals surface area (Å²) in [5, 5.41) is 4.50. The van der Waals surface area contributed by atoms with Crippen molar-refractivity contribution in [3.05, 3.63) is 0 Å². The first-order chi connectivity index (χ1) is 7.98. The summed E-state index contributed by atoms with van der Waals surface area (Å²) in [6.45, 7) is 6.92. The number of nitrogens with one attached hydrogen (secondary N) is 1. The fourth-order valence-corrected chi connectivity index (χ4v) is 4.32. The number of carbonyl (C=O) groups excluding carboxylic acids is 1. The molecule has 1 rings (SSSR count). The van der Waals surface area contributed by atoms with Crippen molar-refractivity contribution in [3.63, 3.8) is 0 Å². The molecule has 0 aromatic carbocycles. The van der Waals surface area contributed by atoms with Crippen LogP contribution in [0.3, 0.4) is 0 Å². The van der Waals surface area contributed by atoms with Gasteiger partial charge in [-0.3, -0.25) is 4.79 Å². The van der Waals surface area contributed by atoms with Crippen LogP contribution in [-0.2, 0) is 4.79 Å². The standard InChI is InChI=1S/C13H26N2OS/c1-4-15-13(3,12(14)16)9-10(2)17-11-7-5-6-8-11/h10-11,15H,4-9H2,1-3H3,(H2,14,16). The van der Waals surface area contributed by atoms with E-state index in [2.05, 4.69) is 12.2 Å². The molecule has 0 saturated heterocycles. The minimum atomic E-state index is -0.556. The van der Waals surface area contributed by atoms with E-state index in [1.165, 1.54) is 25.7 Å². The maximum Gasteiger partial charge on any atom is 0.237 e. The normalized spacial score (nSPS) is 22.3. The van der Waals surface area contributed by atoms with E-state index in [-0.39, 0.29) is 5.91 Å². The molecular formula is C13H26N2OS. The molecule has 3 nitrogen and oxygen atoms in total. The largest absolute Gasteiger partial charge is 0.368 e. The Labute approximate surface area is 109 Å². The Morgan fingerprint density at radius 2 is 2.12 bits per heavy atom. The minimum Gasteiger partial charge on any atom is -0.368 e. The second-order valence-electron chi connectivity index (χ2n) is 5.28. The Bertz CT molecular complexity index is 254. The lowest BCUT2D eigenvalue weighted by Gasteiger charge is -2.30. The first-order valence-corrected chi connectivity index (χ1v) is 7.62. The zero-order valence-corrected chi connectivity index (χ0v) is 12.1. The lowest BCUT2D eigenvalue weighted by molar-refractivity contribution is -0.124. The monoisotopic (exact) mass is 258 g/mol. The molecule has 0 aromatic rings. The third-order valence-corrected chi connectivity index (χ3v) is 5.02. The van der Waals surface area contributed by atoms with Crippen LogP contribution in [0.2, 0.25) is 0 Å². The Morgan fingerprint density at radius 3 is 2.59 bits per heavy atom. The number of primary amides is 1. The van der Waals surface area contributed by atoms with Crippen molar-refractivity contribution >= 4 is 17.7 Å². The van der Waals surface area contributed by atoms with E-state index in [1.807, 2.05) is 25.6 Å². The van der Waals surface area contributed by atoms with Gasteiger partial charge in [-0.05, 0) is 32.7 Å². The van der Waals surface area contributed by atoms with Gasteiger partial charge in [0.2, 0.25) is 5.91 Å². The number of amides is 1. The molecule has 1 amide bonds. The molecular weight excluding hydrogens is 232 g/mol. The summed E-state index contributed by atoms with van der Waals surface area (Å²) in [6, 6.07) is 0. The number of thioether (sulfide) groups is 1. The summed E-state index contributed by atoms with van der Waals surface area (Å²) in [5.41, 5.74) is 4.95. The van der Waals surface area contributed by atoms with Crippen LogP contribution in [0.25, 0.3) is 0 Å². The molecule has 1 aliphatic rings. The average molecular weight is 258 g/mol. The molecule has 2 unspecified atom stereocenters. The topological polar surface area (TPSA) is 55.1 Å². The maximum atomic E-state index is 11.5. The lowest BCUT2D eigenvalue weighted by Crippen LogP contribution is -2.54. The number of likely N-dealkylation sites (N-methyl/N-ethyl adjacent to an activating group) is 1. The highest BCUT2D eigenvalue weighted by molar-refractivity contribution is 8.00. The summed E-state index contributed by atoms with van der Waals surface area (Å²) in [7, 11) is 0. The molecule has 0 heterocycles. The second kappa shape index (κ2) is 6.64. The molecule has 1 saturated carbocycles. The van der Waals surface area contributed by atoms with Crippen LogP contribution in [0.5, 0.6) is 0 Å². The van der Waals surface area contributed by atoms with Gasteiger partial charge in [0.25, 0.3) is 0 Å². The molecule has 2 atom stereocenters. The highest BCUT2D eigenvalue weighted by Gasteiger charge is 2.32. The summed E-state index contributed by atoms with van der Waals surface area (Å²) in [6.07, 6.45) is 6.22. The van der Waals surface area contributed by atoms with Crippen molar-refractivity contribution < 1.29 is 4.79 Å². The van der Waals surface area contributed by atoms with Gasteiger partial charge in [-0.15, -0.1) is 0 Å². The van der Waals surface area contributed by atoms with Crippen LogP contribution in [0.1, 0.15) is 52.9 Å². The van der Waals surface area contributed by atoms with Crippen LogP contribution in [-0.4, -0.2) is 28.5 Å². The van der Waals surface area contributed by atoms with Gasteiger partial charge in [0.05, 0.1) is 5.54 Å². The van der Waals surface area contributed by atoms with Crippen molar-refractivity contribution in [2.45, 2.75) is 68.9 Å². The fourth-order valence-electron chi connectivity index (χ4n) is 2.63. The van der Waals surface area contributed by atoms with Gasteiger partial charge in [-0.2, -0.15) is 11.8 Å². The summed E-state index contributed by atoms with van der Waals surface area (Å²) in [4.78, 5) is 11.5. The van der Waals surface area contributed by atoms with Crippen LogP contribution < -0.4 is 11.1 Å². The molecule has 100 valence electrons. The maximum absolute atomic E-state index is 11.5. The van der Waals surface area contributed by atoms with Gasteiger partial charge in [0.1, 0.15) is 0 Å². The Hall–Kier alpha value is -0.220. The molecule has 1 fully saturated rings. The summed E-state index contributed by atoms with van der Waals surface area (Å²) < 4.78 is 0. The minimum absolute atomic E-state index is 0.238. The Kier molecular flexibility index (Phi) is 5.80. The molecule has 0 aliphatic heterocycles. The highest BCUT2D eigenvalue weighted by atomic mass is 32.2. The Balaban J connectivity index is 2.45. The quantitative estimate of drug-likeness (QED) is 0.736. The molecule has 0 radical (unpaired) electrons. The SMILES string of the molecule is CCNC(C)(CC(C)SC1CCCC1)C(N)=O. The van der Waals surface area contributed by atoms with Gasteiger partial charge in [0, 0.05) is 10.5 Å². The molecule has 17 heavy (non-hydrogen) atoms. The second-order valence-corrected chi connectivity index (χ2v) is 7.03. The van der Waals surface area contributed by atoms with E-state index in [1.54, 1.807) is 0 Å². The molecule has 0 spiro atoms. The van der Waals surface area contributed by atoms with E-state index in [0.717, 1.165) is 18.2 Å². The van der Waals surface area contributed by atoms with Crippen molar-refractivity contribution in [3.8, 4) is 0 Å².